The van der Waals surface area contributed by atoms with Crippen LogP contribution < -0.4 is 4.90 Å². The molecule has 150 valence electrons. The number of carbonyl (C=O) groups is 3. The largest absolute Gasteiger partial charge is 0.465 e. The lowest BCUT2D eigenvalue weighted by atomic mass is 9.85. The number of imide groups is 1. The molecule has 0 aromatic heterocycles. The van der Waals surface area contributed by atoms with E-state index < -0.39 is 5.97 Å². The fraction of sp³-hybridized carbons (Fsp3) is 0.240. The van der Waals surface area contributed by atoms with Crippen molar-refractivity contribution in [2.45, 2.75) is 6.92 Å². The zero-order valence-electron chi connectivity index (χ0n) is 16.7. The second-order valence-corrected chi connectivity index (χ2v) is 7.99. The number of esters is 1. The van der Waals surface area contributed by atoms with Gasteiger partial charge in [0.1, 0.15) is 0 Å². The molecule has 2 bridgehead atoms. The van der Waals surface area contributed by atoms with Crippen molar-refractivity contribution in [1.82, 2.24) is 0 Å². The molecule has 4 atom stereocenters. The summed E-state index contributed by atoms with van der Waals surface area (Å²) in [6.07, 6.45) is 4.15. The third-order valence-electron chi connectivity index (χ3n) is 6.58. The van der Waals surface area contributed by atoms with E-state index in [0.29, 0.717) is 11.3 Å². The Balaban J connectivity index is 1.52. The highest BCUT2D eigenvalue weighted by Crippen LogP contribution is 2.58. The first-order valence-corrected chi connectivity index (χ1v) is 10.0. The number of fused-ring (bicyclic) bond motifs is 5. The van der Waals surface area contributed by atoms with E-state index in [1.165, 1.54) is 17.6 Å². The number of ether oxygens (including phenoxy) is 1. The van der Waals surface area contributed by atoms with Crippen LogP contribution in [0.25, 0.3) is 5.57 Å². The van der Waals surface area contributed by atoms with Crippen molar-refractivity contribution in [2.24, 2.45) is 23.7 Å². The van der Waals surface area contributed by atoms with Crippen LogP contribution in [-0.4, -0.2) is 24.9 Å². The Kier molecular flexibility index (Phi) is 4.21. The molecule has 1 aliphatic heterocycles. The highest BCUT2D eigenvalue weighted by atomic mass is 16.5. The zero-order valence-corrected chi connectivity index (χ0v) is 16.7. The monoisotopic (exact) mass is 399 g/mol. The number of methoxy groups -OCH3 is 1. The van der Waals surface area contributed by atoms with Crippen molar-refractivity contribution in [3.8, 4) is 0 Å². The van der Waals surface area contributed by atoms with Gasteiger partial charge >= 0.3 is 5.97 Å². The minimum atomic E-state index is -0.499. The summed E-state index contributed by atoms with van der Waals surface area (Å²) in [5.74, 6) is -1.78. The van der Waals surface area contributed by atoms with E-state index in [1.807, 2.05) is 18.2 Å². The maximum atomic E-state index is 13.4. The molecule has 1 saturated heterocycles. The number of hydrogen-bond acceptors (Lipinski definition) is 4. The number of nitrogens with zero attached hydrogens (tertiary/aromatic N) is 1. The molecule has 2 fully saturated rings. The van der Waals surface area contributed by atoms with Gasteiger partial charge < -0.3 is 4.74 Å². The summed E-state index contributed by atoms with van der Waals surface area (Å²) >= 11 is 0. The Labute approximate surface area is 174 Å². The predicted molar refractivity (Wildman–Crippen MR) is 112 cm³/mol. The van der Waals surface area contributed by atoms with Crippen molar-refractivity contribution in [3.05, 3.63) is 83.4 Å². The van der Waals surface area contributed by atoms with Gasteiger partial charge in [-0.1, -0.05) is 54.1 Å². The molecule has 2 aromatic carbocycles. The Morgan fingerprint density at radius 2 is 1.47 bits per heavy atom. The van der Waals surface area contributed by atoms with Gasteiger partial charge in [-0.25, -0.2) is 9.69 Å². The Bertz CT molecular complexity index is 1100. The number of anilines is 1. The van der Waals surface area contributed by atoms with E-state index in [0.717, 1.165) is 11.1 Å². The summed E-state index contributed by atoms with van der Waals surface area (Å²) in [6.45, 7) is 2.07. The molecule has 5 nitrogen and oxygen atoms in total. The van der Waals surface area contributed by atoms with E-state index in [-0.39, 0.29) is 35.5 Å². The van der Waals surface area contributed by atoms with Crippen LogP contribution in [-0.2, 0) is 14.3 Å². The number of allylic oxidation sites excluding steroid dienone is 4. The van der Waals surface area contributed by atoms with Gasteiger partial charge in [-0.05, 0) is 36.3 Å². The van der Waals surface area contributed by atoms with Crippen molar-refractivity contribution in [1.29, 1.82) is 0 Å². The molecule has 0 spiro atoms. The predicted octanol–water partition coefficient (Wildman–Crippen LogP) is 3.87. The van der Waals surface area contributed by atoms with Crippen LogP contribution in [0.15, 0.2) is 72.3 Å². The van der Waals surface area contributed by atoms with Crippen LogP contribution in [0.3, 0.4) is 0 Å². The average molecular weight is 399 g/mol. The molecular formula is C25H21NO4. The second-order valence-electron chi connectivity index (χ2n) is 7.99. The van der Waals surface area contributed by atoms with Crippen molar-refractivity contribution < 1.29 is 19.1 Å². The van der Waals surface area contributed by atoms with Crippen molar-refractivity contribution >= 4 is 29.0 Å². The smallest absolute Gasteiger partial charge is 0.337 e. The van der Waals surface area contributed by atoms with E-state index in [9.17, 15) is 14.4 Å². The topological polar surface area (TPSA) is 63.7 Å². The minimum Gasteiger partial charge on any atom is -0.465 e. The van der Waals surface area contributed by atoms with E-state index in [2.05, 4.69) is 31.2 Å². The lowest BCUT2D eigenvalue weighted by Crippen LogP contribution is -2.33. The molecule has 1 heterocycles. The highest BCUT2D eigenvalue weighted by molar-refractivity contribution is 6.23. The first-order chi connectivity index (χ1) is 14.5. The number of amides is 2. The minimum absolute atomic E-state index is 0.0644. The normalized spacial score (nSPS) is 28.1. The van der Waals surface area contributed by atoms with Gasteiger partial charge in [0.25, 0.3) is 0 Å². The van der Waals surface area contributed by atoms with Gasteiger partial charge in [0, 0.05) is 11.8 Å². The lowest BCUT2D eigenvalue weighted by molar-refractivity contribution is -0.122. The molecule has 5 rings (SSSR count). The SMILES string of the molecule is COC(=O)c1cccc(N2C(=O)[C@@H]3[C@H](C2=O)[C@H]2C=C[C@H]3C2=C(C)c2ccccc2)c1. The van der Waals surface area contributed by atoms with Gasteiger partial charge in [-0.15, -0.1) is 0 Å². The van der Waals surface area contributed by atoms with Crippen LogP contribution in [0.4, 0.5) is 5.69 Å². The molecule has 0 N–H and O–H groups in total. The van der Waals surface area contributed by atoms with Crippen molar-refractivity contribution in [3.63, 3.8) is 0 Å². The van der Waals surface area contributed by atoms with Crippen LogP contribution in [0.1, 0.15) is 22.8 Å². The summed E-state index contributed by atoms with van der Waals surface area (Å²) in [5.41, 5.74) is 4.18. The maximum absolute atomic E-state index is 13.4. The van der Waals surface area contributed by atoms with Crippen LogP contribution in [0, 0.1) is 23.7 Å². The number of benzene rings is 2. The summed E-state index contributed by atoms with van der Waals surface area (Å²) < 4.78 is 4.77. The van der Waals surface area contributed by atoms with Gasteiger partial charge in [0.15, 0.2) is 0 Å². The second kappa shape index (κ2) is 6.80. The first-order valence-electron chi connectivity index (χ1n) is 10.0. The fourth-order valence-corrected chi connectivity index (χ4v) is 5.26. The number of hydrogen-bond donors (Lipinski definition) is 0. The summed E-state index contributed by atoms with van der Waals surface area (Å²) in [5, 5.41) is 0. The van der Waals surface area contributed by atoms with Gasteiger partial charge in [-0.2, -0.15) is 0 Å². The summed E-state index contributed by atoms with van der Waals surface area (Å²) in [7, 11) is 1.30. The van der Waals surface area contributed by atoms with Crippen LogP contribution in [0.5, 0.6) is 0 Å². The highest BCUT2D eigenvalue weighted by Gasteiger charge is 2.62. The molecule has 5 heteroatoms. The van der Waals surface area contributed by atoms with E-state index in [4.69, 9.17) is 4.74 Å². The molecule has 0 unspecified atom stereocenters. The van der Waals surface area contributed by atoms with Crippen LogP contribution in [0.2, 0.25) is 0 Å². The Morgan fingerprint density at radius 3 is 2.07 bits per heavy atom. The Morgan fingerprint density at radius 1 is 0.867 bits per heavy atom. The third kappa shape index (κ3) is 2.51. The summed E-state index contributed by atoms with van der Waals surface area (Å²) in [6, 6.07) is 16.6. The van der Waals surface area contributed by atoms with Crippen LogP contribution >= 0.6 is 0 Å². The average Bonchev–Trinajstić information content (AvgIpc) is 3.42. The molecule has 2 amide bonds. The van der Waals surface area contributed by atoms with Gasteiger partial charge in [0.05, 0.1) is 30.2 Å². The molecule has 3 aliphatic rings. The van der Waals surface area contributed by atoms with E-state index >= 15 is 0 Å². The quantitative estimate of drug-likeness (QED) is 0.447. The first kappa shape index (κ1) is 18.6. The van der Waals surface area contributed by atoms with Gasteiger partial charge in [0.2, 0.25) is 11.8 Å². The number of carbonyl (C=O) groups excluding carboxylic acids is 3. The molecule has 0 radical (unpaired) electrons. The fourth-order valence-electron chi connectivity index (χ4n) is 5.26. The molecular weight excluding hydrogens is 378 g/mol. The molecule has 2 aromatic rings. The third-order valence-corrected chi connectivity index (χ3v) is 6.58. The zero-order chi connectivity index (χ0) is 21.0. The van der Waals surface area contributed by atoms with Gasteiger partial charge in [-0.3, -0.25) is 9.59 Å². The van der Waals surface area contributed by atoms with E-state index in [1.54, 1.807) is 24.3 Å². The number of rotatable bonds is 3. The summed E-state index contributed by atoms with van der Waals surface area (Å²) in [4.78, 5) is 39.9. The molecule has 30 heavy (non-hydrogen) atoms. The van der Waals surface area contributed by atoms with Crippen molar-refractivity contribution in [2.75, 3.05) is 12.0 Å². The lowest BCUT2D eigenvalue weighted by Gasteiger charge is -2.20. The Hall–Kier alpha value is -3.47. The molecule has 2 aliphatic carbocycles. The standard InChI is InChI=1S/C25H21NO4/c1-14(15-7-4-3-5-8-15)20-18-11-12-19(20)22-21(18)23(27)26(24(22)28)17-10-6-9-16(13-17)25(29)30-2/h3-13,18-19,21-22H,1-2H3/t18-,19-,21-,22+/m0/s1. The maximum Gasteiger partial charge on any atom is 0.337 e. The molecule has 1 saturated carbocycles.